The van der Waals surface area contributed by atoms with Crippen molar-refractivity contribution in [3.05, 3.63) is 47.6 Å². The first kappa shape index (κ1) is 56.2. The predicted octanol–water partition coefficient (Wildman–Crippen LogP) is 7.23. The Morgan fingerprint density at radius 3 is 2.25 bits per heavy atom. The number of piperidine rings is 1. The largest absolute Gasteiger partial charge is 0.460 e. The fourth-order valence-electron chi connectivity index (χ4n) is 10.4. The standard InChI is InChI=1S/C53H83NO13/c1-33-16-12-11-13-17-34(2)46(62-8)32-42-22-19-38(6)53(61,67-42)50(58)51(59)54-25-15-14-18-43(54)52(60)66-41(23-20-40-21-24-45(65-27-26-55)47(30-40)63-9)31-44(56)36(4)29-35(3)39(7)49(64-10)48(57)37(5)28-33/h11-13,16-17,29,33,35,37-43,45-47,49,55,61H,14-15,18-28,30-32H2,1-10H3/t33-,35?,37-,38-,39-,40-,41?,42+,43+,45-,46+,47-,49-,53-/m1/s1. The Balaban J connectivity index is 1.67. The zero-order valence-corrected chi connectivity index (χ0v) is 42.1. The van der Waals surface area contributed by atoms with Gasteiger partial charge in [-0.2, -0.15) is 0 Å². The summed E-state index contributed by atoms with van der Waals surface area (Å²) in [6.07, 6.45) is 15.3. The molecule has 14 nitrogen and oxygen atoms in total. The molecule has 0 aromatic heterocycles. The molecular formula is C53H83NO13. The molecule has 4 rings (SSSR count). The number of aliphatic hydroxyl groups excluding tert-OH is 1. The highest BCUT2D eigenvalue weighted by Gasteiger charge is 2.53. The van der Waals surface area contributed by atoms with Crippen molar-refractivity contribution >= 4 is 29.2 Å². The van der Waals surface area contributed by atoms with Gasteiger partial charge in [0.05, 0.1) is 37.6 Å². The Hall–Kier alpha value is -3.37. The van der Waals surface area contributed by atoms with Crippen molar-refractivity contribution in [2.75, 3.05) is 41.1 Å². The van der Waals surface area contributed by atoms with Crippen LogP contribution in [-0.4, -0.2) is 134 Å². The second-order valence-electron chi connectivity index (χ2n) is 20.0. The van der Waals surface area contributed by atoms with E-state index in [2.05, 4.69) is 13.0 Å². The molecule has 2 bridgehead atoms. The molecule has 0 radical (unpaired) electrons. The second-order valence-corrected chi connectivity index (χ2v) is 20.0. The maximum absolute atomic E-state index is 14.3. The number of carbonyl (C=O) groups excluding carboxylic acids is 5. The van der Waals surface area contributed by atoms with Crippen LogP contribution in [0.3, 0.4) is 0 Å². The average molecular weight is 942 g/mol. The van der Waals surface area contributed by atoms with Crippen LogP contribution < -0.4 is 0 Å². The number of carbonyl (C=O) groups is 5. The number of fused-ring (bicyclic) bond motifs is 3. The minimum Gasteiger partial charge on any atom is -0.460 e. The number of methoxy groups -OCH3 is 3. The second kappa shape index (κ2) is 27.1. The normalized spacial score (nSPS) is 36.6. The summed E-state index contributed by atoms with van der Waals surface area (Å²) in [5.74, 6) is -6.59. The molecular weight excluding hydrogens is 859 g/mol. The number of allylic oxidation sites excluding steroid dienone is 7. The van der Waals surface area contributed by atoms with Gasteiger partial charge in [-0.15, -0.1) is 0 Å². The molecule has 0 spiro atoms. The summed E-state index contributed by atoms with van der Waals surface area (Å²) in [5.41, 5.74) is 1.38. The molecule has 3 fully saturated rings. The smallest absolute Gasteiger partial charge is 0.329 e. The molecule has 67 heavy (non-hydrogen) atoms. The summed E-state index contributed by atoms with van der Waals surface area (Å²) in [6.45, 7) is 13.5. The number of cyclic esters (lactones) is 1. The molecule has 378 valence electrons. The highest BCUT2D eigenvalue weighted by atomic mass is 16.6. The monoisotopic (exact) mass is 942 g/mol. The Kier molecular flexibility index (Phi) is 22.8. The number of hydrogen-bond donors (Lipinski definition) is 2. The van der Waals surface area contributed by atoms with Gasteiger partial charge >= 0.3 is 5.97 Å². The van der Waals surface area contributed by atoms with Gasteiger partial charge in [0.2, 0.25) is 5.79 Å². The number of ether oxygens (including phenoxy) is 6. The van der Waals surface area contributed by atoms with E-state index in [0.717, 1.165) is 18.4 Å². The highest BCUT2D eigenvalue weighted by molar-refractivity contribution is 6.39. The lowest BCUT2D eigenvalue weighted by molar-refractivity contribution is -0.265. The number of rotatable bonds is 9. The molecule has 4 aliphatic rings. The van der Waals surface area contributed by atoms with E-state index in [1.54, 1.807) is 35.2 Å². The molecule has 2 saturated heterocycles. The molecule has 1 aliphatic carbocycles. The number of esters is 1. The predicted molar refractivity (Wildman–Crippen MR) is 255 cm³/mol. The Bertz CT molecular complexity index is 1770. The fourth-order valence-corrected chi connectivity index (χ4v) is 10.4. The SMILES string of the molecule is CO[C@H]1C[C@@H]2CC[C@@H](C)[C@@](O)(O2)C(=O)C(=O)N2CCCC[C@H]2C(=O)OC(CC[C@@H]2CC[C@@H](OCCO)[C@H](OC)C2)CC(=O)C(C)=CC(C)[C@@H](C)[C@@H](OC)C(=O)[C@H](C)C[C@H](C)C=CC=CC=C1C. The van der Waals surface area contributed by atoms with Gasteiger partial charge < -0.3 is 43.5 Å². The first-order valence-electron chi connectivity index (χ1n) is 24.9. The number of ketones is 3. The van der Waals surface area contributed by atoms with Gasteiger partial charge in [0, 0.05) is 52.6 Å². The third kappa shape index (κ3) is 15.6. The van der Waals surface area contributed by atoms with Crippen LogP contribution in [0.25, 0.3) is 0 Å². The van der Waals surface area contributed by atoms with Gasteiger partial charge in [-0.3, -0.25) is 19.2 Å². The van der Waals surface area contributed by atoms with Crippen LogP contribution in [0.5, 0.6) is 0 Å². The summed E-state index contributed by atoms with van der Waals surface area (Å²) in [7, 11) is 4.78. The zero-order chi connectivity index (χ0) is 49.4. The van der Waals surface area contributed by atoms with Crippen LogP contribution >= 0.6 is 0 Å². The van der Waals surface area contributed by atoms with Crippen molar-refractivity contribution in [2.45, 2.75) is 180 Å². The van der Waals surface area contributed by atoms with E-state index >= 15 is 0 Å². The van der Waals surface area contributed by atoms with Crippen molar-refractivity contribution in [3.8, 4) is 0 Å². The minimum atomic E-state index is -2.41. The minimum absolute atomic E-state index is 0.00612. The zero-order valence-electron chi connectivity index (χ0n) is 42.1. The number of Topliss-reactive ketones (excluding diaryl/α,β-unsaturated/α-hetero) is 3. The lowest BCUT2D eigenvalue weighted by Crippen LogP contribution is -2.60. The summed E-state index contributed by atoms with van der Waals surface area (Å²) >= 11 is 0. The molecule has 14 atom stereocenters. The van der Waals surface area contributed by atoms with Crippen molar-refractivity contribution in [1.82, 2.24) is 4.90 Å². The highest BCUT2D eigenvalue weighted by Crippen LogP contribution is 2.37. The molecule has 2 unspecified atom stereocenters. The number of nitrogens with zero attached hydrogens (tertiary/aromatic N) is 1. The quantitative estimate of drug-likeness (QED) is 0.175. The van der Waals surface area contributed by atoms with Crippen LogP contribution in [0.4, 0.5) is 0 Å². The first-order chi connectivity index (χ1) is 31.9. The maximum Gasteiger partial charge on any atom is 0.329 e. The molecule has 1 amide bonds. The summed E-state index contributed by atoms with van der Waals surface area (Å²) < 4.78 is 35.7. The first-order valence-corrected chi connectivity index (χ1v) is 24.9. The molecule has 3 heterocycles. The van der Waals surface area contributed by atoms with Gasteiger partial charge in [0.15, 0.2) is 11.6 Å². The van der Waals surface area contributed by atoms with Crippen molar-refractivity contribution in [2.24, 2.45) is 35.5 Å². The Morgan fingerprint density at radius 1 is 0.821 bits per heavy atom. The van der Waals surface area contributed by atoms with Gasteiger partial charge in [0.1, 0.15) is 18.2 Å². The van der Waals surface area contributed by atoms with Crippen LogP contribution in [0.2, 0.25) is 0 Å². The summed E-state index contributed by atoms with van der Waals surface area (Å²) in [4.78, 5) is 72.0. The lowest BCUT2D eigenvalue weighted by Gasteiger charge is -2.42. The van der Waals surface area contributed by atoms with Crippen LogP contribution in [-0.2, 0) is 52.4 Å². The lowest BCUT2D eigenvalue weighted by atomic mass is 9.81. The molecule has 0 aromatic carbocycles. The van der Waals surface area contributed by atoms with Crippen LogP contribution in [0, 0.1) is 35.5 Å². The van der Waals surface area contributed by atoms with E-state index < -0.39 is 59.8 Å². The number of aliphatic hydroxyl groups is 2. The molecule has 2 N–H and O–H groups in total. The summed E-state index contributed by atoms with van der Waals surface area (Å²) in [6, 6.07) is -1.10. The van der Waals surface area contributed by atoms with Crippen molar-refractivity contribution in [1.29, 1.82) is 0 Å². The maximum atomic E-state index is 14.3. The van der Waals surface area contributed by atoms with Gasteiger partial charge in [-0.05, 0) is 119 Å². The van der Waals surface area contributed by atoms with E-state index in [0.29, 0.717) is 63.4 Å². The molecule has 14 heteroatoms. The van der Waals surface area contributed by atoms with Gasteiger partial charge in [-0.1, -0.05) is 71.1 Å². The van der Waals surface area contributed by atoms with E-state index in [4.69, 9.17) is 28.4 Å². The van der Waals surface area contributed by atoms with Crippen molar-refractivity contribution in [3.63, 3.8) is 0 Å². The van der Waals surface area contributed by atoms with E-state index in [1.165, 1.54) is 4.90 Å². The molecule has 3 aliphatic heterocycles. The topological polar surface area (TPSA) is 184 Å². The Morgan fingerprint density at radius 2 is 1.57 bits per heavy atom. The van der Waals surface area contributed by atoms with Crippen molar-refractivity contribution < 1.29 is 62.6 Å². The molecule has 0 aromatic rings. The molecule has 1 saturated carbocycles. The van der Waals surface area contributed by atoms with Crippen LogP contribution in [0.15, 0.2) is 47.6 Å². The third-order valence-corrected chi connectivity index (χ3v) is 14.9. The third-order valence-electron chi connectivity index (χ3n) is 14.9. The Labute approximate surface area is 400 Å². The van der Waals surface area contributed by atoms with E-state index in [1.807, 2.05) is 58.1 Å². The average Bonchev–Trinajstić information content (AvgIpc) is 3.31. The summed E-state index contributed by atoms with van der Waals surface area (Å²) in [5, 5.41) is 21.3. The van der Waals surface area contributed by atoms with Gasteiger partial charge in [-0.25, -0.2) is 4.79 Å². The van der Waals surface area contributed by atoms with E-state index in [-0.39, 0.29) is 86.0 Å². The van der Waals surface area contributed by atoms with E-state index in [9.17, 15) is 34.2 Å². The number of amides is 1. The number of hydrogen-bond acceptors (Lipinski definition) is 13. The van der Waals surface area contributed by atoms with Crippen LogP contribution in [0.1, 0.15) is 132 Å². The fraction of sp³-hybridized carbons (Fsp3) is 0.755. The van der Waals surface area contributed by atoms with Gasteiger partial charge in [0.25, 0.3) is 11.7 Å².